The van der Waals surface area contributed by atoms with Gasteiger partial charge < -0.3 is 9.84 Å². The predicted molar refractivity (Wildman–Crippen MR) is 50.9 cm³/mol. The number of nitrogens with zero attached hydrogens (tertiary/aromatic N) is 2. The monoisotopic (exact) mass is 194 g/mol. The van der Waals surface area contributed by atoms with Crippen LogP contribution >= 0.6 is 0 Å². The van der Waals surface area contributed by atoms with Gasteiger partial charge in [-0.05, 0) is 12.3 Å². The van der Waals surface area contributed by atoms with Crippen LogP contribution in [0.5, 0.6) is 5.88 Å². The van der Waals surface area contributed by atoms with Gasteiger partial charge in [0.05, 0.1) is 7.11 Å². The van der Waals surface area contributed by atoms with Crippen LogP contribution in [0.4, 0.5) is 0 Å². The average molecular weight is 194 g/mol. The maximum absolute atomic E-state index is 9.86. The van der Waals surface area contributed by atoms with Gasteiger partial charge in [0.25, 0.3) is 0 Å². The summed E-state index contributed by atoms with van der Waals surface area (Å²) in [7, 11) is 1.54. The second-order valence-corrected chi connectivity index (χ2v) is 3.65. The van der Waals surface area contributed by atoms with Gasteiger partial charge in [-0.15, -0.1) is 0 Å². The summed E-state index contributed by atoms with van der Waals surface area (Å²) in [6.07, 6.45) is 5.82. The third-order valence-corrected chi connectivity index (χ3v) is 2.45. The lowest BCUT2D eigenvalue weighted by atomic mass is 10.1. The fourth-order valence-corrected chi connectivity index (χ4v) is 1.50. The summed E-state index contributed by atoms with van der Waals surface area (Å²) < 4.78 is 5.03. The number of aromatic nitrogens is 2. The zero-order valence-corrected chi connectivity index (χ0v) is 8.18. The van der Waals surface area contributed by atoms with Crippen molar-refractivity contribution in [3.63, 3.8) is 0 Å². The van der Waals surface area contributed by atoms with Crippen LogP contribution in [-0.4, -0.2) is 22.2 Å². The van der Waals surface area contributed by atoms with Crippen LogP contribution in [0.15, 0.2) is 12.4 Å². The normalized spacial score (nSPS) is 17.9. The largest absolute Gasteiger partial charge is 0.480 e. The van der Waals surface area contributed by atoms with E-state index in [4.69, 9.17) is 4.74 Å². The quantitative estimate of drug-likeness (QED) is 0.785. The first-order valence-corrected chi connectivity index (χ1v) is 4.84. The summed E-state index contributed by atoms with van der Waals surface area (Å²) in [5, 5.41) is 9.86. The minimum absolute atomic E-state index is 0.431. The maximum Gasteiger partial charge on any atom is 0.238 e. The molecule has 4 heteroatoms. The van der Waals surface area contributed by atoms with Crippen molar-refractivity contribution >= 4 is 0 Å². The summed E-state index contributed by atoms with van der Waals surface area (Å²) in [6, 6.07) is 0. The minimum atomic E-state index is -0.536. The molecule has 14 heavy (non-hydrogen) atoms. The van der Waals surface area contributed by atoms with Gasteiger partial charge in [-0.3, -0.25) is 4.98 Å². The Kier molecular flexibility index (Phi) is 2.63. The molecule has 1 fully saturated rings. The van der Waals surface area contributed by atoms with Gasteiger partial charge in [0.2, 0.25) is 5.88 Å². The van der Waals surface area contributed by atoms with Gasteiger partial charge in [-0.2, -0.15) is 0 Å². The van der Waals surface area contributed by atoms with E-state index >= 15 is 0 Å². The molecule has 1 unspecified atom stereocenters. The fourth-order valence-electron chi connectivity index (χ4n) is 1.50. The number of rotatable bonds is 4. The molecule has 1 saturated carbocycles. The molecule has 0 bridgehead atoms. The Morgan fingerprint density at radius 3 is 2.86 bits per heavy atom. The molecule has 0 amide bonds. The summed E-state index contributed by atoms with van der Waals surface area (Å²) in [5.74, 6) is 1.09. The minimum Gasteiger partial charge on any atom is -0.480 e. The van der Waals surface area contributed by atoms with E-state index in [1.165, 1.54) is 20.0 Å². The summed E-state index contributed by atoms with van der Waals surface area (Å²) in [4.78, 5) is 8.09. The van der Waals surface area contributed by atoms with Gasteiger partial charge in [-0.25, -0.2) is 4.98 Å². The van der Waals surface area contributed by atoms with Crippen molar-refractivity contribution in [2.24, 2.45) is 5.92 Å². The van der Waals surface area contributed by atoms with Crippen LogP contribution in [0, 0.1) is 5.92 Å². The number of ether oxygens (including phenoxy) is 1. The lowest BCUT2D eigenvalue weighted by Crippen LogP contribution is -2.05. The zero-order chi connectivity index (χ0) is 9.97. The predicted octanol–water partition coefficient (Wildman–Crippen LogP) is 1.32. The van der Waals surface area contributed by atoms with Crippen LogP contribution in [0.25, 0.3) is 0 Å². The third kappa shape index (κ3) is 2.01. The molecule has 0 aliphatic heterocycles. The number of hydrogen-bond donors (Lipinski definition) is 1. The van der Waals surface area contributed by atoms with Gasteiger partial charge >= 0.3 is 0 Å². The smallest absolute Gasteiger partial charge is 0.238 e. The number of aliphatic hydroxyl groups excluding tert-OH is 1. The van der Waals surface area contributed by atoms with Crippen molar-refractivity contribution in [1.29, 1.82) is 0 Å². The van der Waals surface area contributed by atoms with E-state index < -0.39 is 6.10 Å². The molecule has 1 aliphatic carbocycles. The summed E-state index contributed by atoms with van der Waals surface area (Å²) in [6.45, 7) is 0. The van der Waals surface area contributed by atoms with Crippen LogP contribution in [0.2, 0.25) is 0 Å². The van der Waals surface area contributed by atoms with Gasteiger partial charge in [0.1, 0.15) is 11.8 Å². The Bertz CT molecular complexity index is 313. The first kappa shape index (κ1) is 9.40. The number of aliphatic hydroxyl groups is 1. The molecule has 0 aromatic carbocycles. The van der Waals surface area contributed by atoms with Crippen LogP contribution in [-0.2, 0) is 0 Å². The summed E-state index contributed by atoms with van der Waals surface area (Å²) >= 11 is 0. The van der Waals surface area contributed by atoms with Crippen molar-refractivity contribution in [3.8, 4) is 5.88 Å². The molecular formula is C10H14N2O2. The molecule has 1 N–H and O–H groups in total. The highest BCUT2D eigenvalue weighted by Gasteiger charge is 2.27. The van der Waals surface area contributed by atoms with E-state index in [1.54, 1.807) is 12.4 Å². The van der Waals surface area contributed by atoms with Crippen LogP contribution in [0.1, 0.15) is 31.1 Å². The van der Waals surface area contributed by atoms with E-state index in [1.807, 2.05) is 0 Å². The Morgan fingerprint density at radius 2 is 2.21 bits per heavy atom. The van der Waals surface area contributed by atoms with Crippen LogP contribution < -0.4 is 4.74 Å². The second-order valence-electron chi connectivity index (χ2n) is 3.65. The van der Waals surface area contributed by atoms with Crippen molar-refractivity contribution < 1.29 is 9.84 Å². The fraction of sp³-hybridized carbons (Fsp3) is 0.600. The van der Waals surface area contributed by atoms with Crippen molar-refractivity contribution in [3.05, 3.63) is 18.1 Å². The molecule has 1 atom stereocenters. The Hall–Kier alpha value is -1.16. The molecule has 2 rings (SSSR count). The average Bonchev–Trinajstić information content (AvgIpc) is 3.01. The van der Waals surface area contributed by atoms with Crippen molar-refractivity contribution in [2.75, 3.05) is 7.11 Å². The van der Waals surface area contributed by atoms with Crippen molar-refractivity contribution in [1.82, 2.24) is 9.97 Å². The first-order chi connectivity index (χ1) is 6.81. The number of methoxy groups -OCH3 is 1. The molecule has 0 spiro atoms. The first-order valence-electron chi connectivity index (χ1n) is 4.84. The van der Waals surface area contributed by atoms with Gasteiger partial charge in [0.15, 0.2) is 0 Å². The summed E-state index contributed by atoms with van der Waals surface area (Å²) in [5.41, 5.74) is 0.557. The van der Waals surface area contributed by atoms with E-state index in [0.717, 1.165) is 6.42 Å². The molecule has 0 saturated heterocycles. The zero-order valence-electron chi connectivity index (χ0n) is 8.18. The van der Waals surface area contributed by atoms with Crippen molar-refractivity contribution in [2.45, 2.75) is 25.4 Å². The van der Waals surface area contributed by atoms with E-state index in [-0.39, 0.29) is 0 Å². The highest BCUT2D eigenvalue weighted by Crippen LogP contribution is 2.38. The number of hydrogen-bond acceptors (Lipinski definition) is 4. The molecule has 1 aromatic heterocycles. The lowest BCUT2D eigenvalue weighted by molar-refractivity contribution is 0.150. The standard InChI is InChI=1S/C10H14N2O2/c1-14-10-9(11-4-5-12-10)8(13)6-7-2-3-7/h4-5,7-8,13H,2-3,6H2,1H3. The highest BCUT2D eigenvalue weighted by atomic mass is 16.5. The van der Waals surface area contributed by atoms with Crippen LogP contribution in [0.3, 0.4) is 0 Å². The molecule has 4 nitrogen and oxygen atoms in total. The van der Waals surface area contributed by atoms with E-state index in [2.05, 4.69) is 9.97 Å². The maximum atomic E-state index is 9.86. The molecular weight excluding hydrogens is 180 g/mol. The Morgan fingerprint density at radius 1 is 1.50 bits per heavy atom. The van der Waals surface area contributed by atoms with E-state index in [0.29, 0.717) is 17.5 Å². The molecule has 0 radical (unpaired) electrons. The molecule has 1 heterocycles. The van der Waals surface area contributed by atoms with Gasteiger partial charge in [0, 0.05) is 12.4 Å². The SMILES string of the molecule is COc1nccnc1C(O)CC1CC1. The Labute approximate surface area is 83.0 Å². The molecule has 1 aromatic rings. The highest BCUT2D eigenvalue weighted by molar-refractivity contribution is 5.19. The Balaban J connectivity index is 2.11. The topological polar surface area (TPSA) is 55.2 Å². The molecule has 76 valence electrons. The third-order valence-electron chi connectivity index (χ3n) is 2.45. The lowest BCUT2D eigenvalue weighted by Gasteiger charge is -2.11. The van der Waals surface area contributed by atoms with E-state index in [9.17, 15) is 5.11 Å². The second kappa shape index (κ2) is 3.92. The van der Waals surface area contributed by atoms with Gasteiger partial charge in [-0.1, -0.05) is 12.8 Å². The molecule has 1 aliphatic rings.